The summed E-state index contributed by atoms with van der Waals surface area (Å²) in [6.07, 6.45) is 4.40. The van der Waals surface area contributed by atoms with Gasteiger partial charge in [0.15, 0.2) is 0 Å². The molecule has 1 aliphatic rings. The number of aromatic nitrogens is 2. The van der Waals surface area contributed by atoms with Crippen LogP contribution in [0, 0.1) is 10.1 Å². The number of hydrogen-bond donors (Lipinski definition) is 0. The molecule has 1 aliphatic heterocycles. The zero-order valence-corrected chi connectivity index (χ0v) is 11.3. The van der Waals surface area contributed by atoms with Gasteiger partial charge in [-0.15, -0.1) is 0 Å². The van der Waals surface area contributed by atoms with E-state index in [-0.39, 0.29) is 22.9 Å². The van der Waals surface area contributed by atoms with Gasteiger partial charge in [0.05, 0.1) is 4.92 Å². The topological polar surface area (TPSA) is 81.4 Å². The van der Waals surface area contributed by atoms with Crippen LogP contribution in [0.2, 0.25) is 5.28 Å². The number of nitrogens with zero attached hydrogens (tertiary/aromatic N) is 4. The quantitative estimate of drug-likeness (QED) is 0.478. The highest BCUT2D eigenvalue weighted by molar-refractivity contribution is 6.28. The second kappa shape index (κ2) is 6.12. The SMILES string of the molecule is CN1CCCCC1COc1nc(Cl)ncc1[N+](=O)[O-]. The molecule has 0 aliphatic carbocycles. The molecule has 2 heterocycles. The van der Waals surface area contributed by atoms with E-state index in [0.29, 0.717) is 6.61 Å². The van der Waals surface area contributed by atoms with Crippen LogP contribution in [0.25, 0.3) is 0 Å². The fourth-order valence-electron chi connectivity index (χ4n) is 2.10. The van der Waals surface area contributed by atoms with E-state index in [1.165, 1.54) is 6.42 Å². The lowest BCUT2D eigenvalue weighted by Gasteiger charge is -2.31. The molecular weight excluding hydrogens is 272 g/mol. The van der Waals surface area contributed by atoms with Crippen LogP contribution in [0.4, 0.5) is 5.69 Å². The summed E-state index contributed by atoms with van der Waals surface area (Å²) in [6, 6.07) is 0.252. The van der Waals surface area contributed by atoms with Gasteiger partial charge in [-0.2, -0.15) is 4.98 Å². The zero-order chi connectivity index (χ0) is 13.8. The Morgan fingerprint density at radius 3 is 3.11 bits per heavy atom. The van der Waals surface area contributed by atoms with Gasteiger partial charge in [-0.05, 0) is 38.0 Å². The van der Waals surface area contributed by atoms with E-state index in [0.717, 1.165) is 25.6 Å². The van der Waals surface area contributed by atoms with E-state index in [1.54, 1.807) is 0 Å². The van der Waals surface area contributed by atoms with Crippen molar-refractivity contribution in [2.24, 2.45) is 0 Å². The Labute approximate surface area is 115 Å². The van der Waals surface area contributed by atoms with Crippen molar-refractivity contribution in [2.75, 3.05) is 20.2 Å². The number of rotatable bonds is 4. The number of piperidine rings is 1. The normalized spacial score (nSPS) is 20.2. The Morgan fingerprint density at radius 2 is 2.42 bits per heavy atom. The van der Waals surface area contributed by atoms with Gasteiger partial charge in [0.2, 0.25) is 5.28 Å². The van der Waals surface area contributed by atoms with Crippen molar-refractivity contribution in [2.45, 2.75) is 25.3 Å². The minimum absolute atomic E-state index is 0.0578. The summed E-state index contributed by atoms with van der Waals surface area (Å²) < 4.78 is 5.47. The summed E-state index contributed by atoms with van der Waals surface area (Å²) in [5.41, 5.74) is -0.261. The van der Waals surface area contributed by atoms with Crippen molar-refractivity contribution >= 4 is 17.3 Å². The average molecular weight is 287 g/mol. The van der Waals surface area contributed by atoms with Crippen molar-refractivity contribution in [3.63, 3.8) is 0 Å². The smallest absolute Gasteiger partial charge is 0.349 e. The maximum Gasteiger partial charge on any atom is 0.349 e. The number of nitro groups is 1. The predicted octanol–water partition coefficient (Wildman–Crippen LogP) is 1.90. The van der Waals surface area contributed by atoms with Crippen LogP contribution in [0.3, 0.4) is 0 Å². The van der Waals surface area contributed by atoms with Crippen molar-refractivity contribution in [1.29, 1.82) is 0 Å². The highest BCUT2D eigenvalue weighted by atomic mass is 35.5. The van der Waals surface area contributed by atoms with Crippen LogP contribution in [-0.2, 0) is 0 Å². The second-order valence-electron chi connectivity index (χ2n) is 4.53. The van der Waals surface area contributed by atoms with E-state index in [2.05, 4.69) is 14.9 Å². The molecule has 1 aromatic rings. The molecule has 0 radical (unpaired) electrons. The van der Waals surface area contributed by atoms with E-state index in [1.807, 2.05) is 7.05 Å². The molecule has 0 N–H and O–H groups in total. The molecular formula is C11H15ClN4O3. The van der Waals surface area contributed by atoms with Crippen molar-refractivity contribution in [1.82, 2.24) is 14.9 Å². The van der Waals surface area contributed by atoms with Crippen LogP contribution >= 0.6 is 11.6 Å². The largest absolute Gasteiger partial charge is 0.471 e. The van der Waals surface area contributed by atoms with Crippen LogP contribution in [0.15, 0.2) is 6.20 Å². The molecule has 8 heteroatoms. The molecule has 1 fully saturated rings. The number of halogens is 1. The van der Waals surface area contributed by atoms with Crippen molar-refractivity contribution in [3.05, 3.63) is 21.6 Å². The first-order valence-electron chi connectivity index (χ1n) is 6.08. The molecule has 2 rings (SSSR count). The fraction of sp³-hybridized carbons (Fsp3) is 0.636. The minimum Gasteiger partial charge on any atom is -0.471 e. The van der Waals surface area contributed by atoms with Gasteiger partial charge in [-0.1, -0.05) is 6.42 Å². The molecule has 0 aromatic carbocycles. The van der Waals surface area contributed by atoms with Gasteiger partial charge >= 0.3 is 5.69 Å². The van der Waals surface area contributed by atoms with Gasteiger partial charge in [-0.25, -0.2) is 4.98 Å². The first kappa shape index (κ1) is 14.0. The highest BCUT2D eigenvalue weighted by Gasteiger charge is 2.23. The van der Waals surface area contributed by atoms with Gasteiger partial charge in [-0.3, -0.25) is 10.1 Å². The standard InChI is InChI=1S/C11H15ClN4O3/c1-15-5-3-2-4-8(15)7-19-10-9(16(17)18)6-13-11(12)14-10/h6,8H,2-5,7H2,1H3. The summed E-state index contributed by atoms with van der Waals surface area (Å²) in [7, 11) is 2.02. The van der Waals surface area contributed by atoms with Crippen LogP contribution in [0.1, 0.15) is 19.3 Å². The summed E-state index contributed by atoms with van der Waals surface area (Å²) in [5, 5.41) is 10.8. The third-order valence-corrected chi connectivity index (χ3v) is 3.42. The lowest BCUT2D eigenvalue weighted by molar-refractivity contribution is -0.386. The maximum atomic E-state index is 10.8. The Morgan fingerprint density at radius 1 is 1.63 bits per heavy atom. The van der Waals surface area contributed by atoms with E-state index in [9.17, 15) is 10.1 Å². The van der Waals surface area contributed by atoms with Crippen LogP contribution < -0.4 is 4.74 Å². The van der Waals surface area contributed by atoms with E-state index in [4.69, 9.17) is 16.3 Å². The molecule has 0 spiro atoms. The molecule has 0 amide bonds. The van der Waals surface area contributed by atoms with Gasteiger partial charge in [0.1, 0.15) is 12.8 Å². The molecule has 1 unspecified atom stereocenters. The molecule has 1 saturated heterocycles. The Balaban J connectivity index is 2.05. The summed E-state index contributed by atoms with van der Waals surface area (Å²) in [6.45, 7) is 1.38. The maximum absolute atomic E-state index is 10.8. The summed E-state index contributed by atoms with van der Waals surface area (Å²) in [4.78, 5) is 19.8. The Bertz CT molecular complexity index is 471. The molecule has 7 nitrogen and oxygen atoms in total. The molecule has 19 heavy (non-hydrogen) atoms. The van der Waals surface area contributed by atoms with E-state index < -0.39 is 4.92 Å². The average Bonchev–Trinajstić information content (AvgIpc) is 2.37. The summed E-state index contributed by atoms with van der Waals surface area (Å²) >= 11 is 5.64. The Hall–Kier alpha value is -1.47. The fourth-order valence-corrected chi connectivity index (χ4v) is 2.23. The molecule has 104 valence electrons. The Kier molecular flexibility index (Phi) is 4.49. The molecule has 1 atom stereocenters. The lowest BCUT2D eigenvalue weighted by Crippen LogP contribution is -2.40. The monoisotopic (exact) mass is 286 g/mol. The van der Waals surface area contributed by atoms with Crippen LogP contribution in [-0.4, -0.2) is 46.0 Å². The zero-order valence-electron chi connectivity index (χ0n) is 10.6. The highest BCUT2D eigenvalue weighted by Crippen LogP contribution is 2.25. The van der Waals surface area contributed by atoms with Gasteiger partial charge in [0.25, 0.3) is 5.88 Å². The van der Waals surface area contributed by atoms with Crippen molar-refractivity contribution < 1.29 is 9.66 Å². The predicted molar refractivity (Wildman–Crippen MR) is 69.5 cm³/mol. The third kappa shape index (κ3) is 3.51. The van der Waals surface area contributed by atoms with E-state index >= 15 is 0 Å². The molecule has 0 saturated carbocycles. The number of likely N-dealkylation sites (tertiary alicyclic amines) is 1. The first-order valence-corrected chi connectivity index (χ1v) is 6.45. The van der Waals surface area contributed by atoms with Crippen LogP contribution in [0.5, 0.6) is 5.88 Å². The minimum atomic E-state index is -0.573. The number of ether oxygens (including phenoxy) is 1. The number of likely N-dealkylation sites (N-methyl/N-ethyl adjacent to an activating group) is 1. The second-order valence-corrected chi connectivity index (χ2v) is 4.87. The third-order valence-electron chi connectivity index (χ3n) is 3.24. The molecule has 0 bridgehead atoms. The molecule has 1 aromatic heterocycles. The van der Waals surface area contributed by atoms with Crippen molar-refractivity contribution in [3.8, 4) is 5.88 Å². The number of hydrogen-bond acceptors (Lipinski definition) is 6. The van der Waals surface area contributed by atoms with Gasteiger partial charge < -0.3 is 9.64 Å². The lowest BCUT2D eigenvalue weighted by atomic mass is 10.0. The first-order chi connectivity index (χ1) is 9.08. The van der Waals surface area contributed by atoms with Gasteiger partial charge in [0, 0.05) is 6.04 Å². The summed E-state index contributed by atoms with van der Waals surface area (Å²) in [5.74, 6) is -0.0658.